The van der Waals surface area contributed by atoms with Crippen LogP contribution in [-0.2, 0) is 4.74 Å². The number of aliphatic imine (C=N–C) groups is 1. The maximum absolute atomic E-state index is 13.7. The van der Waals surface area contributed by atoms with E-state index >= 15 is 0 Å². The molecule has 31 heavy (non-hydrogen) atoms. The highest BCUT2D eigenvalue weighted by Gasteiger charge is 2.41. The molecule has 1 atom stereocenters. The van der Waals surface area contributed by atoms with E-state index in [1.165, 1.54) is 6.07 Å². The van der Waals surface area contributed by atoms with E-state index in [1.807, 2.05) is 12.1 Å². The topological polar surface area (TPSA) is 74.2 Å². The minimum Gasteiger partial charge on any atom is -0.507 e. The summed E-state index contributed by atoms with van der Waals surface area (Å²) in [5, 5.41) is 14.1. The lowest BCUT2D eigenvalue weighted by Gasteiger charge is -2.45. The van der Waals surface area contributed by atoms with Crippen LogP contribution in [0.5, 0.6) is 5.75 Å². The van der Waals surface area contributed by atoms with E-state index in [1.54, 1.807) is 36.1 Å². The first-order valence-corrected chi connectivity index (χ1v) is 10.8. The zero-order valence-corrected chi connectivity index (χ0v) is 18.0. The number of halogens is 2. The molecule has 6 nitrogen and oxygen atoms in total. The number of carbonyl (C=O) groups is 1. The van der Waals surface area contributed by atoms with E-state index in [9.17, 15) is 14.3 Å². The molecule has 0 aliphatic carbocycles. The van der Waals surface area contributed by atoms with Gasteiger partial charge in [0.1, 0.15) is 17.2 Å². The SMILES string of the molecule is CCOC(=O)N1CCC2(CC1)N=C(c1ccccc1O)CC(c1ccc(F)c(Cl)c1)N2. The number of ether oxygens (including phenoxy) is 1. The molecule has 1 spiro atoms. The van der Waals surface area contributed by atoms with Crippen LogP contribution in [-0.4, -0.2) is 47.2 Å². The first-order chi connectivity index (χ1) is 14.9. The van der Waals surface area contributed by atoms with Gasteiger partial charge in [0.25, 0.3) is 0 Å². The summed E-state index contributed by atoms with van der Waals surface area (Å²) < 4.78 is 18.9. The fourth-order valence-electron chi connectivity index (χ4n) is 4.25. The van der Waals surface area contributed by atoms with Crippen molar-refractivity contribution >= 4 is 23.4 Å². The van der Waals surface area contributed by atoms with Crippen LogP contribution in [0.2, 0.25) is 5.02 Å². The summed E-state index contributed by atoms with van der Waals surface area (Å²) in [6, 6.07) is 11.7. The number of phenolic OH excluding ortho intramolecular Hbond substituents is 1. The molecule has 1 saturated heterocycles. The van der Waals surface area contributed by atoms with E-state index in [0.717, 1.165) is 11.3 Å². The van der Waals surface area contributed by atoms with Gasteiger partial charge in [-0.1, -0.05) is 29.8 Å². The quantitative estimate of drug-likeness (QED) is 0.720. The van der Waals surface area contributed by atoms with Crippen molar-refractivity contribution in [3.63, 3.8) is 0 Å². The number of rotatable bonds is 3. The second kappa shape index (κ2) is 8.85. The van der Waals surface area contributed by atoms with Crippen LogP contribution in [0, 0.1) is 5.82 Å². The van der Waals surface area contributed by atoms with E-state index in [2.05, 4.69) is 5.32 Å². The summed E-state index contributed by atoms with van der Waals surface area (Å²) in [7, 11) is 0. The number of nitrogens with zero attached hydrogens (tertiary/aromatic N) is 2. The normalized spacial score (nSPS) is 20.4. The number of para-hydroxylation sites is 1. The van der Waals surface area contributed by atoms with Gasteiger partial charge in [-0.05, 0) is 36.8 Å². The van der Waals surface area contributed by atoms with Gasteiger partial charge in [-0.25, -0.2) is 9.18 Å². The molecule has 164 valence electrons. The first kappa shape index (κ1) is 21.6. The van der Waals surface area contributed by atoms with Crippen LogP contribution in [0.25, 0.3) is 0 Å². The summed E-state index contributed by atoms with van der Waals surface area (Å²) in [5.74, 6) is -0.300. The van der Waals surface area contributed by atoms with Crippen molar-refractivity contribution in [2.75, 3.05) is 19.7 Å². The standard InChI is InChI=1S/C23H25ClFN3O3/c1-2-31-22(30)28-11-9-23(10-12-28)26-19(15-7-8-18(25)17(24)13-15)14-20(27-23)16-5-3-4-6-21(16)29/h3-8,13,19,26,29H,2,9-12,14H2,1H3. The molecule has 2 heterocycles. The number of piperidine rings is 1. The van der Waals surface area contributed by atoms with Crippen molar-refractivity contribution in [1.82, 2.24) is 10.2 Å². The fourth-order valence-corrected chi connectivity index (χ4v) is 4.44. The highest BCUT2D eigenvalue weighted by molar-refractivity contribution is 6.30. The molecule has 0 bridgehead atoms. The minimum absolute atomic E-state index is 0.0668. The average Bonchev–Trinajstić information content (AvgIpc) is 2.76. The molecule has 0 saturated carbocycles. The molecule has 0 radical (unpaired) electrons. The third-order valence-electron chi connectivity index (χ3n) is 5.87. The summed E-state index contributed by atoms with van der Waals surface area (Å²) >= 11 is 6.04. The van der Waals surface area contributed by atoms with Crippen molar-refractivity contribution in [2.45, 2.75) is 37.9 Å². The van der Waals surface area contributed by atoms with Crippen LogP contribution < -0.4 is 5.32 Å². The molecule has 1 unspecified atom stereocenters. The van der Waals surface area contributed by atoms with Crippen molar-refractivity contribution in [2.24, 2.45) is 4.99 Å². The molecular weight excluding hydrogens is 421 g/mol. The van der Waals surface area contributed by atoms with Crippen molar-refractivity contribution in [3.8, 4) is 5.75 Å². The summed E-state index contributed by atoms with van der Waals surface area (Å²) in [5.41, 5.74) is 1.69. The number of benzene rings is 2. The van der Waals surface area contributed by atoms with Crippen LogP contribution in [0.15, 0.2) is 47.5 Å². The molecule has 4 rings (SSSR count). The Morgan fingerprint density at radius 2 is 2.06 bits per heavy atom. The maximum Gasteiger partial charge on any atom is 0.409 e. The van der Waals surface area contributed by atoms with Crippen molar-refractivity contribution in [3.05, 3.63) is 64.4 Å². The zero-order chi connectivity index (χ0) is 22.0. The Hall–Kier alpha value is -2.64. The van der Waals surface area contributed by atoms with E-state index in [-0.39, 0.29) is 22.9 Å². The Balaban J connectivity index is 1.66. The van der Waals surface area contributed by atoms with Gasteiger partial charge >= 0.3 is 6.09 Å². The number of aromatic hydroxyl groups is 1. The lowest BCUT2D eigenvalue weighted by atomic mass is 9.87. The van der Waals surface area contributed by atoms with Gasteiger partial charge in [-0.15, -0.1) is 0 Å². The van der Waals surface area contributed by atoms with Crippen LogP contribution in [0.4, 0.5) is 9.18 Å². The highest BCUT2D eigenvalue weighted by atomic mass is 35.5. The minimum atomic E-state index is -0.607. The Morgan fingerprint density at radius 1 is 1.32 bits per heavy atom. The van der Waals surface area contributed by atoms with Crippen molar-refractivity contribution < 1.29 is 19.0 Å². The number of amides is 1. The number of nitrogens with one attached hydrogen (secondary N) is 1. The Kier molecular flexibility index (Phi) is 6.16. The largest absolute Gasteiger partial charge is 0.507 e. The lowest BCUT2D eigenvalue weighted by molar-refractivity contribution is 0.0779. The van der Waals surface area contributed by atoms with Gasteiger partial charge < -0.3 is 14.7 Å². The third kappa shape index (κ3) is 4.52. The predicted molar refractivity (Wildman–Crippen MR) is 117 cm³/mol. The Morgan fingerprint density at radius 3 is 2.74 bits per heavy atom. The van der Waals surface area contributed by atoms with Gasteiger partial charge in [0, 0.05) is 49.7 Å². The third-order valence-corrected chi connectivity index (χ3v) is 6.16. The molecule has 8 heteroatoms. The number of hydrogen-bond acceptors (Lipinski definition) is 5. The second-order valence-corrected chi connectivity index (χ2v) is 8.27. The Labute approximate surface area is 185 Å². The van der Waals surface area contributed by atoms with Gasteiger partial charge in [0.15, 0.2) is 0 Å². The van der Waals surface area contributed by atoms with Gasteiger partial charge in [0.2, 0.25) is 0 Å². The zero-order valence-electron chi connectivity index (χ0n) is 17.3. The van der Waals surface area contributed by atoms with Crippen LogP contribution in [0.1, 0.15) is 43.4 Å². The fraction of sp³-hybridized carbons (Fsp3) is 0.391. The van der Waals surface area contributed by atoms with E-state index in [0.29, 0.717) is 44.5 Å². The van der Waals surface area contributed by atoms with Gasteiger partial charge in [-0.3, -0.25) is 10.3 Å². The number of carbonyl (C=O) groups excluding carboxylic acids is 1. The molecule has 2 aliphatic rings. The molecule has 2 aromatic carbocycles. The predicted octanol–water partition coefficient (Wildman–Crippen LogP) is 4.66. The Bertz CT molecular complexity index is 1010. The average molecular weight is 446 g/mol. The first-order valence-electron chi connectivity index (χ1n) is 10.4. The number of phenols is 1. The molecule has 2 aromatic rings. The molecule has 0 aromatic heterocycles. The van der Waals surface area contributed by atoms with E-state index in [4.69, 9.17) is 21.3 Å². The van der Waals surface area contributed by atoms with Crippen molar-refractivity contribution in [1.29, 1.82) is 0 Å². The molecule has 1 amide bonds. The smallest absolute Gasteiger partial charge is 0.409 e. The van der Waals surface area contributed by atoms with Gasteiger partial charge in [0.05, 0.1) is 11.6 Å². The molecular formula is C23H25ClFN3O3. The molecule has 2 aliphatic heterocycles. The summed E-state index contributed by atoms with van der Waals surface area (Å²) in [6.45, 7) is 3.12. The van der Waals surface area contributed by atoms with E-state index < -0.39 is 11.5 Å². The highest BCUT2D eigenvalue weighted by Crippen LogP contribution is 2.37. The van der Waals surface area contributed by atoms with Gasteiger partial charge in [-0.2, -0.15) is 0 Å². The summed E-state index contributed by atoms with van der Waals surface area (Å²) in [6.07, 6.45) is 1.38. The number of likely N-dealkylation sites (tertiary alicyclic amines) is 1. The summed E-state index contributed by atoms with van der Waals surface area (Å²) in [4.78, 5) is 18.8. The number of hydrogen-bond donors (Lipinski definition) is 2. The second-order valence-electron chi connectivity index (χ2n) is 7.87. The monoisotopic (exact) mass is 445 g/mol. The maximum atomic E-state index is 13.7. The molecule has 2 N–H and O–H groups in total. The van der Waals surface area contributed by atoms with Crippen LogP contribution >= 0.6 is 11.6 Å². The molecule has 1 fully saturated rings. The van der Waals surface area contributed by atoms with Crippen LogP contribution in [0.3, 0.4) is 0 Å². The lowest BCUT2D eigenvalue weighted by Crippen LogP contribution is -2.56.